The summed E-state index contributed by atoms with van der Waals surface area (Å²) in [7, 11) is 0. The zero-order valence-corrected chi connectivity index (χ0v) is 27.2. The van der Waals surface area contributed by atoms with Crippen molar-refractivity contribution in [2.75, 3.05) is 6.54 Å². The van der Waals surface area contributed by atoms with Crippen molar-refractivity contribution < 1.29 is 21.6 Å². The molecule has 3 heterocycles. The third kappa shape index (κ3) is 4.64. The van der Waals surface area contributed by atoms with Gasteiger partial charge in [0.15, 0.2) is 5.71 Å². The molecule has 6 aromatic rings. The Morgan fingerprint density at radius 1 is 0.814 bits per heavy atom. The van der Waals surface area contributed by atoms with Gasteiger partial charge in [0.25, 0.3) is 5.56 Å². The summed E-state index contributed by atoms with van der Waals surface area (Å²) in [5.41, 5.74) is 8.24. The highest BCUT2D eigenvalue weighted by Crippen LogP contribution is 2.39. The molecule has 0 aliphatic carbocycles. The third-order valence-corrected chi connectivity index (χ3v) is 9.70. The average Bonchev–Trinajstić information content (AvgIpc) is 3.58. The molecule has 0 spiro atoms. The SMILES string of the molecule is CCn1c(=O)/c(=C\c2ccc3c(c2)c2ccccc2n3-c2ccccc2)s/c1=C\C1=[N+](CC)c2ccccc2C1(C)C.[Br-]. The van der Waals surface area contributed by atoms with Crippen LogP contribution in [0.2, 0.25) is 0 Å². The Morgan fingerprint density at radius 2 is 1.51 bits per heavy atom. The lowest BCUT2D eigenvalue weighted by Crippen LogP contribution is -3.00. The lowest BCUT2D eigenvalue weighted by Gasteiger charge is -2.15. The molecule has 7 rings (SSSR count). The van der Waals surface area contributed by atoms with Gasteiger partial charge in [0.05, 0.1) is 21.0 Å². The van der Waals surface area contributed by atoms with Gasteiger partial charge >= 0.3 is 0 Å². The Balaban J connectivity index is 0.00000329. The topological polar surface area (TPSA) is 29.9 Å². The van der Waals surface area contributed by atoms with Crippen molar-refractivity contribution in [2.24, 2.45) is 0 Å². The predicted molar refractivity (Wildman–Crippen MR) is 177 cm³/mol. The van der Waals surface area contributed by atoms with Crippen LogP contribution in [-0.4, -0.2) is 26.0 Å². The molecule has 216 valence electrons. The molecule has 6 heteroatoms. The number of hydrogen-bond acceptors (Lipinski definition) is 2. The number of para-hydroxylation sites is 3. The smallest absolute Gasteiger partial charge is 0.269 e. The van der Waals surface area contributed by atoms with Gasteiger partial charge in [0, 0.05) is 40.7 Å². The van der Waals surface area contributed by atoms with Gasteiger partial charge in [-0.25, -0.2) is 0 Å². The summed E-state index contributed by atoms with van der Waals surface area (Å²) in [5.74, 6) is 0. The normalized spacial score (nSPS) is 15.0. The van der Waals surface area contributed by atoms with Gasteiger partial charge in [-0.3, -0.25) is 9.36 Å². The maximum atomic E-state index is 13.7. The number of rotatable bonds is 5. The fourth-order valence-corrected chi connectivity index (χ4v) is 7.70. The van der Waals surface area contributed by atoms with Gasteiger partial charge in [-0.2, -0.15) is 4.58 Å². The summed E-state index contributed by atoms with van der Waals surface area (Å²) in [6, 6.07) is 34.2. The standard InChI is InChI=1S/C37H34N3OS.BrH/c1-5-38-32-19-13-11-17-29(32)37(3,4)34(38)24-35-39(6-2)36(41)33(42-35)23-25-20-21-31-28(22-25)27-16-10-12-18-30(27)40(31)26-14-8-7-9-15-26;/h7-24H,5-6H2,1-4H3;1H/q+1;/p-1/b33-23+;. The van der Waals surface area contributed by atoms with E-state index in [1.54, 1.807) is 11.3 Å². The van der Waals surface area contributed by atoms with Crippen LogP contribution in [0.5, 0.6) is 0 Å². The van der Waals surface area contributed by atoms with Gasteiger partial charge in [-0.1, -0.05) is 60.7 Å². The predicted octanol–water partition coefficient (Wildman–Crippen LogP) is 3.74. The number of thiazole rings is 1. The highest BCUT2D eigenvalue weighted by atomic mass is 79.9. The fourth-order valence-electron chi connectivity index (χ4n) is 6.59. The Bertz CT molecular complexity index is 2220. The van der Waals surface area contributed by atoms with Crippen molar-refractivity contribution >= 4 is 56.7 Å². The van der Waals surface area contributed by atoms with Crippen molar-refractivity contribution in [1.29, 1.82) is 0 Å². The first-order chi connectivity index (χ1) is 20.4. The van der Waals surface area contributed by atoms with E-state index in [0.717, 1.165) is 32.5 Å². The number of hydrogen-bond donors (Lipinski definition) is 0. The molecule has 0 radical (unpaired) electrons. The van der Waals surface area contributed by atoms with Crippen LogP contribution in [0.1, 0.15) is 38.8 Å². The fraction of sp³-hybridized carbons (Fsp3) is 0.189. The van der Waals surface area contributed by atoms with E-state index in [1.165, 1.54) is 33.3 Å². The zero-order valence-electron chi connectivity index (χ0n) is 24.8. The molecule has 0 atom stereocenters. The largest absolute Gasteiger partial charge is 1.00 e. The molecule has 1 aliphatic rings. The molecule has 0 N–H and O–H groups in total. The molecule has 0 saturated carbocycles. The van der Waals surface area contributed by atoms with Crippen LogP contribution in [-0.2, 0) is 12.0 Å². The molecule has 0 amide bonds. The molecule has 2 aromatic heterocycles. The number of benzene rings is 4. The summed E-state index contributed by atoms with van der Waals surface area (Å²) in [6.07, 6.45) is 4.30. The second-order valence-corrected chi connectivity index (χ2v) is 12.4. The molecule has 0 unspecified atom stereocenters. The lowest BCUT2D eigenvalue weighted by atomic mass is 9.81. The summed E-state index contributed by atoms with van der Waals surface area (Å²) < 4.78 is 8.36. The van der Waals surface area contributed by atoms with Crippen LogP contribution in [0.15, 0.2) is 102 Å². The van der Waals surface area contributed by atoms with E-state index < -0.39 is 0 Å². The molecule has 43 heavy (non-hydrogen) atoms. The second-order valence-electron chi connectivity index (χ2n) is 11.4. The molecular formula is C37H34BrN3OS. The van der Waals surface area contributed by atoms with Gasteiger partial charge in [-0.15, -0.1) is 11.3 Å². The monoisotopic (exact) mass is 647 g/mol. The molecule has 1 aliphatic heterocycles. The minimum absolute atomic E-state index is 0. The van der Waals surface area contributed by atoms with Crippen molar-refractivity contribution in [2.45, 2.75) is 39.7 Å². The van der Waals surface area contributed by atoms with E-state index in [2.05, 4.69) is 140 Å². The van der Waals surface area contributed by atoms with Gasteiger partial charge in [-0.05, 0) is 69.7 Å². The third-order valence-electron chi connectivity index (χ3n) is 8.64. The molecular weight excluding hydrogens is 614 g/mol. The minimum atomic E-state index is -0.146. The van der Waals surface area contributed by atoms with E-state index in [1.807, 2.05) is 10.6 Å². The first kappa shape index (κ1) is 29.1. The van der Waals surface area contributed by atoms with Gasteiger partial charge in [0.1, 0.15) is 11.2 Å². The maximum absolute atomic E-state index is 13.7. The number of nitrogens with zero attached hydrogens (tertiary/aromatic N) is 3. The van der Waals surface area contributed by atoms with Crippen molar-refractivity contribution in [1.82, 2.24) is 9.13 Å². The van der Waals surface area contributed by atoms with Crippen LogP contribution in [0, 0.1) is 0 Å². The van der Waals surface area contributed by atoms with Crippen molar-refractivity contribution in [3.63, 3.8) is 0 Å². The van der Waals surface area contributed by atoms with E-state index in [-0.39, 0.29) is 28.0 Å². The van der Waals surface area contributed by atoms with Crippen molar-refractivity contribution in [3.05, 3.63) is 128 Å². The van der Waals surface area contributed by atoms with Crippen LogP contribution in [0.3, 0.4) is 0 Å². The van der Waals surface area contributed by atoms with Gasteiger partial charge < -0.3 is 21.5 Å². The van der Waals surface area contributed by atoms with E-state index in [4.69, 9.17) is 0 Å². The summed E-state index contributed by atoms with van der Waals surface area (Å²) >= 11 is 1.58. The van der Waals surface area contributed by atoms with E-state index in [0.29, 0.717) is 6.54 Å². The highest BCUT2D eigenvalue weighted by Gasteiger charge is 2.43. The van der Waals surface area contributed by atoms with Crippen molar-refractivity contribution in [3.8, 4) is 5.69 Å². The zero-order chi connectivity index (χ0) is 29.0. The Kier molecular flexibility index (Phi) is 7.61. The van der Waals surface area contributed by atoms with Crippen LogP contribution in [0.25, 0.3) is 39.6 Å². The minimum Gasteiger partial charge on any atom is -1.00 e. The summed E-state index contributed by atoms with van der Waals surface area (Å²) in [4.78, 5) is 13.7. The average molecular weight is 649 g/mol. The first-order valence-electron chi connectivity index (χ1n) is 14.7. The Hall–Kier alpha value is -4.00. The Labute approximate surface area is 265 Å². The quantitative estimate of drug-likeness (QED) is 0.262. The molecule has 0 bridgehead atoms. The molecule has 0 fully saturated rings. The number of fused-ring (bicyclic) bond motifs is 4. The van der Waals surface area contributed by atoms with E-state index >= 15 is 0 Å². The van der Waals surface area contributed by atoms with Crippen LogP contribution < -0.4 is 31.7 Å². The molecule has 0 saturated heterocycles. The summed E-state index contributed by atoms with van der Waals surface area (Å²) in [5, 5.41) is 2.39. The van der Waals surface area contributed by atoms with Gasteiger partial charge in [0.2, 0.25) is 5.69 Å². The van der Waals surface area contributed by atoms with Crippen LogP contribution >= 0.6 is 11.3 Å². The maximum Gasteiger partial charge on any atom is 0.269 e. The second kappa shape index (κ2) is 11.3. The van der Waals surface area contributed by atoms with Crippen LogP contribution in [0.4, 0.5) is 5.69 Å². The first-order valence-corrected chi connectivity index (χ1v) is 15.5. The Morgan fingerprint density at radius 3 is 2.28 bits per heavy atom. The lowest BCUT2D eigenvalue weighted by molar-refractivity contribution is -0.432. The summed E-state index contributed by atoms with van der Waals surface area (Å²) in [6.45, 7) is 10.3. The number of halogens is 1. The number of aromatic nitrogens is 2. The molecule has 4 aromatic carbocycles. The van der Waals surface area contributed by atoms with E-state index in [9.17, 15) is 4.79 Å². The highest BCUT2D eigenvalue weighted by molar-refractivity contribution is 7.07. The molecule has 4 nitrogen and oxygen atoms in total.